The molecule has 0 fully saturated rings. The largest absolute Gasteiger partial charge is 0.126 e. The van der Waals surface area contributed by atoms with Crippen molar-refractivity contribution in [3.05, 3.63) is 34.9 Å². The Labute approximate surface area is 113 Å². The Morgan fingerprint density at radius 3 is 2.38 bits per heavy atom. The van der Waals surface area contributed by atoms with Gasteiger partial charge >= 0.3 is 0 Å². The van der Waals surface area contributed by atoms with Gasteiger partial charge in [0.1, 0.15) is 0 Å². The predicted octanol–water partition coefficient (Wildman–Crippen LogP) is 5.25. The molecule has 90 valence electrons. The zero-order chi connectivity index (χ0) is 12.0. The molecule has 16 heavy (non-hydrogen) atoms. The highest BCUT2D eigenvalue weighted by atomic mass is 35.5. The third kappa shape index (κ3) is 3.29. The molecule has 1 aromatic rings. The number of alkyl halides is 2. The summed E-state index contributed by atoms with van der Waals surface area (Å²) in [7, 11) is 0. The van der Waals surface area contributed by atoms with Crippen LogP contribution in [0.1, 0.15) is 31.7 Å². The Morgan fingerprint density at radius 2 is 1.88 bits per heavy atom. The van der Waals surface area contributed by atoms with Gasteiger partial charge in [-0.3, -0.25) is 0 Å². The lowest BCUT2D eigenvalue weighted by atomic mass is 9.80. The van der Waals surface area contributed by atoms with Gasteiger partial charge in [0.2, 0.25) is 0 Å². The van der Waals surface area contributed by atoms with Crippen molar-refractivity contribution in [2.75, 3.05) is 11.8 Å². The van der Waals surface area contributed by atoms with E-state index in [0.717, 1.165) is 29.8 Å². The standard InChI is InChI=1S/C13H17Cl3/c1-2-3-7-13(9-14,10-15)11-5-4-6-12(16)8-11/h4-6,8H,2-3,7,9-10H2,1H3. The first-order valence-electron chi connectivity index (χ1n) is 5.56. The molecule has 0 saturated heterocycles. The molecule has 0 spiro atoms. The summed E-state index contributed by atoms with van der Waals surface area (Å²) in [6.07, 6.45) is 3.29. The molecule has 0 atom stereocenters. The van der Waals surface area contributed by atoms with Crippen molar-refractivity contribution in [1.29, 1.82) is 0 Å². The van der Waals surface area contributed by atoms with E-state index in [1.54, 1.807) is 0 Å². The molecule has 0 N–H and O–H groups in total. The van der Waals surface area contributed by atoms with Crippen LogP contribution in [0.25, 0.3) is 0 Å². The number of hydrogen-bond acceptors (Lipinski definition) is 0. The molecule has 0 saturated carbocycles. The van der Waals surface area contributed by atoms with Crippen molar-refractivity contribution in [2.24, 2.45) is 0 Å². The van der Waals surface area contributed by atoms with E-state index in [0.29, 0.717) is 11.8 Å². The minimum Gasteiger partial charge on any atom is -0.126 e. The Bertz CT molecular complexity index is 319. The number of rotatable bonds is 6. The highest BCUT2D eigenvalue weighted by Crippen LogP contribution is 2.34. The molecule has 0 amide bonds. The molecular weight excluding hydrogens is 263 g/mol. The lowest BCUT2D eigenvalue weighted by Gasteiger charge is -2.30. The average Bonchev–Trinajstić information content (AvgIpc) is 2.31. The van der Waals surface area contributed by atoms with Crippen molar-refractivity contribution in [1.82, 2.24) is 0 Å². The van der Waals surface area contributed by atoms with Gasteiger partial charge in [-0.05, 0) is 24.1 Å². The fraction of sp³-hybridized carbons (Fsp3) is 0.538. The highest BCUT2D eigenvalue weighted by Gasteiger charge is 2.30. The lowest BCUT2D eigenvalue weighted by molar-refractivity contribution is 0.469. The second-order valence-corrected chi connectivity index (χ2v) is 5.13. The molecule has 0 nitrogen and oxygen atoms in total. The molecule has 0 aliphatic heterocycles. The normalized spacial score (nSPS) is 11.8. The van der Waals surface area contributed by atoms with Gasteiger partial charge in [-0.2, -0.15) is 0 Å². The molecule has 0 radical (unpaired) electrons. The quantitative estimate of drug-likeness (QED) is 0.624. The maximum Gasteiger partial charge on any atom is 0.0408 e. The van der Waals surface area contributed by atoms with Gasteiger partial charge in [0.05, 0.1) is 0 Å². The van der Waals surface area contributed by atoms with Crippen molar-refractivity contribution < 1.29 is 0 Å². The minimum atomic E-state index is -0.135. The predicted molar refractivity (Wildman–Crippen MR) is 74.1 cm³/mol. The van der Waals surface area contributed by atoms with Crippen LogP contribution >= 0.6 is 34.8 Å². The maximum absolute atomic E-state index is 6.12. The van der Waals surface area contributed by atoms with Gasteiger partial charge in [-0.15, -0.1) is 23.2 Å². The van der Waals surface area contributed by atoms with Gasteiger partial charge in [-0.1, -0.05) is 43.5 Å². The first kappa shape index (κ1) is 14.2. The Balaban J connectivity index is 2.99. The summed E-state index contributed by atoms with van der Waals surface area (Å²) in [4.78, 5) is 0. The summed E-state index contributed by atoms with van der Waals surface area (Å²) in [6.45, 7) is 2.17. The molecule has 3 heteroatoms. The van der Waals surface area contributed by atoms with Crippen LogP contribution < -0.4 is 0 Å². The molecule has 0 unspecified atom stereocenters. The van der Waals surface area contributed by atoms with Crippen LogP contribution in [0, 0.1) is 0 Å². The van der Waals surface area contributed by atoms with E-state index < -0.39 is 0 Å². The molecule has 1 aromatic carbocycles. The summed E-state index contributed by atoms with van der Waals surface area (Å²) in [5.41, 5.74) is 1.02. The topological polar surface area (TPSA) is 0 Å². The van der Waals surface area contributed by atoms with Crippen LogP contribution in [0.2, 0.25) is 5.02 Å². The lowest BCUT2D eigenvalue weighted by Crippen LogP contribution is -2.30. The Morgan fingerprint density at radius 1 is 1.19 bits per heavy atom. The van der Waals surface area contributed by atoms with E-state index in [1.165, 1.54) is 0 Å². The fourth-order valence-corrected chi connectivity index (χ4v) is 2.85. The van der Waals surface area contributed by atoms with Gasteiger partial charge in [0.25, 0.3) is 0 Å². The molecule has 0 bridgehead atoms. The molecule has 0 heterocycles. The summed E-state index contributed by atoms with van der Waals surface area (Å²) >= 11 is 18.3. The van der Waals surface area contributed by atoms with Crippen LogP contribution in [0.4, 0.5) is 0 Å². The highest BCUT2D eigenvalue weighted by molar-refractivity contribution is 6.30. The number of halogens is 3. The number of unbranched alkanes of at least 4 members (excludes halogenated alkanes) is 1. The zero-order valence-electron chi connectivity index (χ0n) is 9.48. The van der Waals surface area contributed by atoms with Gasteiger partial charge < -0.3 is 0 Å². The van der Waals surface area contributed by atoms with E-state index in [-0.39, 0.29) is 5.41 Å². The van der Waals surface area contributed by atoms with E-state index in [1.807, 2.05) is 18.2 Å². The van der Waals surface area contributed by atoms with Crippen molar-refractivity contribution in [3.63, 3.8) is 0 Å². The minimum absolute atomic E-state index is 0.135. The summed E-state index contributed by atoms with van der Waals surface area (Å²) in [5.74, 6) is 1.08. The van der Waals surface area contributed by atoms with E-state index in [9.17, 15) is 0 Å². The summed E-state index contributed by atoms with van der Waals surface area (Å²) in [6, 6.07) is 7.86. The second-order valence-electron chi connectivity index (χ2n) is 4.16. The first-order valence-corrected chi connectivity index (χ1v) is 7.01. The molecule has 1 rings (SSSR count). The number of hydrogen-bond donors (Lipinski definition) is 0. The Kier molecular flexibility index (Phi) is 5.96. The fourth-order valence-electron chi connectivity index (χ4n) is 1.80. The van der Waals surface area contributed by atoms with Crippen molar-refractivity contribution >= 4 is 34.8 Å². The monoisotopic (exact) mass is 278 g/mol. The second kappa shape index (κ2) is 6.74. The summed E-state index contributed by atoms with van der Waals surface area (Å²) in [5, 5.41) is 0.744. The third-order valence-electron chi connectivity index (χ3n) is 2.96. The number of benzene rings is 1. The molecule has 0 aliphatic rings. The third-order valence-corrected chi connectivity index (χ3v) is 4.22. The molecular formula is C13H17Cl3. The van der Waals surface area contributed by atoms with E-state index in [2.05, 4.69) is 13.0 Å². The van der Waals surface area contributed by atoms with Crippen molar-refractivity contribution in [3.8, 4) is 0 Å². The van der Waals surface area contributed by atoms with Crippen LogP contribution in [0.3, 0.4) is 0 Å². The molecule has 0 aromatic heterocycles. The van der Waals surface area contributed by atoms with E-state index in [4.69, 9.17) is 34.8 Å². The zero-order valence-corrected chi connectivity index (χ0v) is 11.7. The Hall–Kier alpha value is 0.0900. The average molecular weight is 280 g/mol. The smallest absolute Gasteiger partial charge is 0.0408 e. The van der Waals surface area contributed by atoms with Gasteiger partial charge in [-0.25, -0.2) is 0 Å². The van der Waals surface area contributed by atoms with Crippen LogP contribution in [-0.4, -0.2) is 11.8 Å². The van der Waals surface area contributed by atoms with Crippen LogP contribution in [-0.2, 0) is 5.41 Å². The molecule has 0 aliphatic carbocycles. The first-order chi connectivity index (χ1) is 7.68. The van der Waals surface area contributed by atoms with Gasteiger partial charge in [0, 0.05) is 22.2 Å². The van der Waals surface area contributed by atoms with Gasteiger partial charge in [0.15, 0.2) is 0 Å². The van der Waals surface area contributed by atoms with E-state index >= 15 is 0 Å². The van der Waals surface area contributed by atoms with Crippen molar-refractivity contribution in [2.45, 2.75) is 31.6 Å². The van der Waals surface area contributed by atoms with Crippen LogP contribution in [0.5, 0.6) is 0 Å². The maximum atomic E-state index is 6.12. The summed E-state index contributed by atoms with van der Waals surface area (Å²) < 4.78 is 0. The SMILES string of the molecule is CCCCC(CCl)(CCl)c1cccc(Cl)c1. The van der Waals surface area contributed by atoms with Crippen LogP contribution in [0.15, 0.2) is 24.3 Å².